The highest BCUT2D eigenvalue weighted by atomic mass is 16.3. The average molecular weight is 1120 g/mol. The molecular weight excluding hydrogens is 1040 g/mol. The third-order valence-electron chi connectivity index (χ3n) is 19.0. The Morgan fingerprint density at radius 1 is 0.430 bits per heavy atom. The first-order chi connectivity index (χ1) is 41.0. The summed E-state index contributed by atoms with van der Waals surface area (Å²) in [5.74, 6) is 0.214. The summed E-state index contributed by atoms with van der Waals surface area (Å²) >= 11 is 0. The van der Waals surface area contributed by atoms with E-state index in [-0.39, 0.29) is 34.1 Å². The van der Waals surface area contributed by atoms with Crippen molar-refractivity contribution >= 4 is 85.1 Å². The average Bonchev–Trinajstić information content (AvgIpc) is 0.839. The number of fused-ring (bicyclic) bond motifs is 8. The fraction of sp³-hybridized carbons (Fsp3) is 0.210. The maximum absolute atomic E-state index is 12.5. The van der Waals surface area contributed by atoms with Crippen LogP contribution in [0.3, 0.4) is 0 Å². The first kappa shape index (κ1) is 54.9. The topological polar surface area (TPSA) is 30.0 Å². The predicted octanol–water partition coefficient (Wildman–Crippen LogP) is 20.2. The molecule has 2 aliphatic heterocycles. The highest BCUT2D eigenvalue weighted by Gasteiger charge is 2.45. The van der Waals surface area contributed by atoms with Crippen molar-refractivity contribution < 1.29 is 5.11 Å². The molecule has 86 heavy (non-hydrogen) atoms. The van der Waals surface area contributed by atoms with Crippen molar-refractivity contribution in [2.75, 3.05) is 14.7 Å². The van der Waals surface area contributed by atoms with Crippen LogP contribution < -0.4 is 31.1 Å². The van der Waals surface area contributed by atoms with Gasteiger partial charge in [-0.25, -0.2) is 0 Å². The number of nitrogens with zero attached hydrogens (tertiary/aromatic N) is 3. The lowest BCUT2D eigenvalue weighted by molar-refractivity contribution is 0.476. The Balaban J connectivity index is 1.01. The second kappa shape index (κ2) is 19.8. The number of hydrogen-bond donors (Lipinski definition) is 1. The molecule has 4 nitrogen and oxygen atoms in total. The number of aryl methyl sites for hydroxylation is 2. The van der Waals surface area contributed by atoms with Crippen LogP contribution in [0.5, 0.6) is 5.75 Å². The van der Waals surface area contributed by atoms with Crippen molar-refractivity contribution in [1.82, 2.24) is 0 Å². The first-order valence-electron chi connectivity index (χ1n) is 30.7. The smallest absolute Gasteiger partial charge is 0.252 e. The fourth-order valence-electron chi connectivity index (χ4n) is 14.4. The molecular formula is C81H76BN3O. The minimum atomic E-state index is -0.179. The summed E-state index contributed by atoms with van der Waals surface area (Å²) < 4.78 is 0. The van der Waals surface area contributed by atoms with E-state index in [1.54, 1.807) is 0 Å². The lowest BCUT2D eigenvalue weighted by Crippen LogP contribution is -2.61. The van der Waals surface area contributed by atoms with E-state index in [1.165, 1.54) is 93.9 Å². The molecule has 0 saturated heterocycles. The van der Waals surface area contributed by atoms with Crippen LogP contribution in [-0.2, 0) is 21.7 Å². The molecule has 0 saturated carbocycles. The van der Waals surface area contributed by atoms with E-state index in [0.29, 0.717) is 0 Å². The molecule has 2 heterocycles. The first-order valence-corrected chi connectivity index (χ1v) is 30.7. The van der Waals surface area contributed by atoms with Gasteiger partial charge in [0.1, 0.15) is 5.75 Å². The van der Waals surface area contributed by atoms with Gasteiger partial charge in [0.2, 0.25) is 0 Å². The highest BCUT2D eigenvalue weighted by molar-refractivity contribution is 7.00. The molecule has 1 aliphatic carbocycles. The third-order valence-corrected chi connectivity index (χ3v) is 19.0. The molecule has 3 aliphatic rings. The zero-order chi connectivity index (χ0) is 59.9. The van der Waals surface area contributed by atoms with E-state index < -0.39 is 0 Å². The molecule has 11 aromatic rings. The van der Waals surface area contributed by atoms with Crippen molar-refractivity contribution in [2.24, 2.45) is 0 Å². The van der Waals surface area contributed by atoms with Crippen molar-refractivity contribution in [2.45, 2.75) is 112 Å². The van der Waals surface area contributed by atoms with Crippen LogP contribution in [-0.4, -0.2) is 11.8 Å². The summed E-state index contributed by atoms with van der Waals surface area (Å²) in [5.41, 5.74) is 29.0. The molecule has 1 N–H and O–H groups in total. The molecule has 0 aromatic heterocycles. The van der Waals surface area contributed by atoms with Gasteiger partial charge in [0.05, 0.1) is 11.4 Å². The monoisotopic (exact) mass is 1120 g/mol. The van der Waals surface area contributed by atoms with Crippen LogP contribution in [0.2, 0.25) is 0 Å². The Kier molecular flexibility index (Phi) is 12.6. The maximum Gasteiger partial charge on any atom is 0.252 e. The Bertz CT molecular complexity index is 4510. The van der Waals surface area contributed by atoms with Crippen molar-refractivity contribution in [3.8, 4) is 39.1 Å². The number of anilines is 9. The summed E-state index contributed by atoms with van der Waals surface area (Å²) in [7, 11) is 0. The summed E-state index contributed by atoms with van der Waals surface area (Å²) in [5, 5.41) is 14.9. The number of phenols is 1. The van der Waals surface area contributed by atoms with Gasteiger partial charge in [-0.3, -0.25) is 0 Å². The van der Waals surface area contributed by atoms with E-state index in [9.17, 15) is 5.11 Å². The molecule has 11 aromatic carbocycles. The molecule has 0 bridgehead atoms. The fourth-order valence-corrected chi connectivity index (χ4v) is 14.4. The standard InChI is InChI=1S/C81H76BN3O/c1-50-43-58(80(9,10)11)44-51(2)77(50)85-72-47-61(83(59-36-31-56(32-37-59)78(3,4)5)71-41-30-53-21-17-18-24-63(53)75(71)54-22-15-14-16-23-54)38-40-68(72)82-69-46-57(79(6,7)8)33-42-70(69)84(73-48-62(86)49-74(85)76(73)82)60-34-27-52(28-35-60)55-29-39-65-64-25-19-20-26-66(64)81(12,13)67(65)45-55/h14-49,86H,1-13H3. The lowest BCUT2D eigenvalue weighted by atomic mass is 9.33. The van der Waals surface area contributed by atoms with Gasteiger partial charge in [0.15, 0.2) is 0 Å². The minimum Gasteiger partial charge on any atom is -0.508 e. The minimum absolute atomic E-state index is 0.0276. The number of aromatic hydroxyl groups is 1. The van der Waals surface area contributed by atoms with Gasteiger partial charge in [-0.15, -0.1) is 0 Å². The van der Waals surface area contributed by atoms with E-state index in [1.807, 2.05) is 12.1 Å². The predicted molar refractivity (Wildman–Crippen MR) is 368 cm³/mol. The number of phenolic OH excluding ortho intramolecular Hbond substituents is 1. The van der Waals surface area contributed by atoms with Gasteiger partial charge >= 0.3 is 0 Å². The summed E-state index contributed by atoms with van der Waals surface area (Å²) in [6.07, 6.45) is 0. The van der Waals surface area contributed by atoms with Crippen molar-refractivity contribution in [3.63, 3.8) is 0 Å². The van der Waals surface area contributed by atoms with Gasteiger partial charge in [-0.2, -0.15) is 0 Å². The molecule has 0 fully saturated rings. The van der Waals surface area contributed by atoms with E-state index in [4.69, 9.17) is 0 Å². The molecule has 0 unspecified atom stereocenters. The second-order valence-corrected chi connectivity index (χ2v) is 28.1. The Morgan fingerprint density at radius 2 is 1.03 bits per heavy atom. The van der Waals surface area contributed by atoms with Gasteiger partial charge in [-0.05, 0) is 179 Å². The SMILES string of the molecule is Cc1cc(C(C)(C)C)cc(C)c1N1c2cc(N(c3ccc(C(C)(C)C)cc3)c3ccc4ccccc4c3-c3ccccc3)ccc2B2c3cc(C(C)(C)C)ccc3N(c3ccc(-c4ccc5c(c4)C(C)(C)c4ccccc4-5)cc3)c3cc(O)cc1c32. The van der Waals surface area contributed by atoms with Crippen LogP contribution in [0.25, 0.3) is 44.2 Å². The van der Waals surface area contributed by atoms with Gasteiger partial charge in [-0.1, -0.05) is 228 Å². The largest absolute Gasteiger partial charge is 0.508 e. The van der Waals surface area contributed by atoms with Crippen LogP contribution in [0.15, 0.2) is 218 Å². The summed E-state index contributed by atoms with van der Waals surface area (Å²) in [6.45, 7) is 29.8. The number of benzene rings is 11. The lowest BCUT2D eigenvalue weighted by Gasteiger charge is -2.45. The Morgan fingerprint density at radius 3 is 1.73 bits per heavy atom. The zero-order valence-electron chi connectivity index (χ0n) is 52.2. The van der Waals surface area contributed by atoms with Gasteiger partial charge in [0.25, 0.3) is 6.71 Å². The molecule has 0 atom stereocenters. The van der Waals surface area contributed by atoms with Crippen molar-refractivity contribution in [3.05, 3.63) is 257 Å². The second-order valence-electron chi connectivity index (χ2n) is 28.1. The van der Waals surface area contributed by atoms with Gasteiger partial charge < -0.3 is 19.8 Å². The van der Waals surface area contributed by atoms with E-state index >= 15 is 0 Å². The van der Waals surface area contributed by atoms with E-state index in [0.717, 1.165) is 56.7 Å². The third kappa shape index (κ3) is 8.87. The van der Waals surface area contributed by atoms with Crippen LogP contribution in [0.1, 0.15) is 115 Å². The quantitative estimate of drug-likeness (QED) is 0.161. The molecule has 5 heteroatoms. The number of rotatable bonds is 7. The van der Waals surface area contributed by atoms with Crippen LogP contribution in [0, 0.1) is 13.8 Å². The molecule has 14 rings (SSSR count). The molecule has 0 amide bonds. The molecule has 0 spiro atoms. The Labute approximate surface area is 510 Å². The maximum atomic E-state index is 12.5. The number of hydrogen-bond acceptors (Lipinski definition) is 4. The Hall–Kier alpha value is -9.06. The summed E-state index contributed by atoms with van der Waals surface area (Å²) in [6, 6.07) is 81.7. The molecule has 0 radical (unpaired) electrons. The zero-order valence-corrected chi connectivity index (χ0v) is 52.2. The molecule has 424 valence electrons. The van der Waals surface area contributed by atoms with Crippen molar-refractivity contribution in [1.29, 1.82) is 0 Å². The highest BCUT2D eigenvalue weighted by Crippen LogP contribution is 2.53. The van der Waals surface area contributed by atoms with Gasteiger partial charge in [0, 0.05) is 62.9 Å². The van der Waals surface area contributed by atoms with E-state index in [2.05, 4.69) is 311 Å². The normalized spacial score (nSPS) is 13.9. The summed E-state index contributed by atoms with van der Waals surface area (Å²) in [4.78, 5) is 7.39. The van der Waals surface area contributed by atoms with Crippen LogP contribution >= 0.6 is 0 Å². The van der Waals surface area contributed by atoms with Crippen LogP contribution in [0.4, 0.5) is 51.2 Å².